The molecule has 0 atom stereocenters. The maximum absolute atomic E-state index is 12.4. The van der Waals surface area contributed by atoms with Crippen LogP contribution in [-0.4, -0.2) is 36.1 Å². The van der Waals surface area contributed by atoms with E-state index in [4.69, 9.17) is 0 Å². The summed E-state index contributed by atoms with van der Waals surface area (Å²) < 4.78 is 122. The Morgan fingerprint density at radius 3 is 1.37 bits per heavy atom. The minimum absolute atomic E-state index is 1.65. The van der Waals surface area contributed by atoms with Gasteiger partial charge in [0.1, 0.15) is 0 Å². The van der Waals surface area contributed by atoms with Crippen molar-refractivity contribution < 1.29 is 58.2 Å². The molecule has 0 saturated heterocycles. The standard InChI is InChI=1S/C6F10O3/c7-1(17)3(9,10)5(13,14)6(15,16)19-4(11,12)2(8)18. The lowest BCUT2D eigenvalue weighted by molar-refractivity contribution is -0.443. The number of halogens is 10. The number of hydrogen-bond acceptors (Lipinski definition) is 3. The molecule has 0 saturated carbocycles. The molecule has 0 N–H and O–H groups in total. The molecular formula is C6F10O3. The molecule has 0 radical (unpaired) electrons. The van der Waals surface area contributed by atoms with Gasteiger partial charge in [0.15, 0.2) is 0 Å². The zero-order chi connectivity index (χ0) is 15.9. The van der Waals surface area contributed by atoms with Crippen molar-refractivity contribution >= 4 is 12.1 Å². The Labute approximate surface area is 95.7 Å². The highest BCUT2D eigenvalue weighted by Gasteiger charge is 2.79. The average molecular weight is 310 g/mol. The summed E-state index contributed by atoms with van der Waals surface area (Å²) in [5.74, 6) is -13.9. The molecule has 112 valence electrons. The third kappa shape index (κ3) is 2.96. The molecule has 0 bridgehead atoms. The van der Waals surface area contributed by atoms with Crippen LogP contribution in [0.4, 0.5) is 43.9 Å². The van der Waals surface area contributed by atoms with Crippen molar-refractivity contribution in [3.63, 3.8) is 0 Å². The summed E-state index contributed by atoms with van der Waals surface area (Å²) in [6.07, 6.45) is -13.1. The summed E-state index contributed by atoms with van der Waals surface area (Å²) in [5.41, 5.74) is 0. The third-order valence-corrected chi connectivity index (χ3v) is 1.49. The normalized spacial score (nSPS) is 14.4. The van der Waals surface area contributed by atoms with E-state index in [9.17, 15) is 53.5 Å². The molecule has 0 spiro atoms. The van der Waals surface area contributed by atoms with Crippen molar-refractivity contribution in [3.8, 4) is 0 Å². The second-order valence-electron chi connectivity index (χ2n) is 2.83. The van der Waals surface area contributed by atoms with Gasteiger partial charge < -0.3 is 0 Å². The monoisotopic (exact) mass is 310 g/mol. The Hall–Kier alpha value is -1.40. The summed E-state index contributed by atoms with van der Waals surface area (Å²) in [7, 11) is 0. The van der Waals surface area contributed by atoms with Crippen molar-refractivity contribution in [2.24, 2.45) is 0 Å². The number of hydrogen-bond donors (Lipinski definition) is 0. The number of rotatable bonds is 6. The van der Waals surface area contributed by atoms with Crippen LogP contribution < -0.4 is 0 Å². The van der Waals surface area contributed by atoms with Crippen molar-refractivity contribution in [2.45, 2.75) is 24.1 Å². The fourth-order valence-corrected chi connectivity index (χ4v) is 0.571. The molecule has 0 rings (SSSR count). The zero-order valence-corrected chi connectivity index (χ0v) is 8.00. The summed E-state index contributed by atoms with van der Waals surface area (Å²) in [4.78, 5) is 18.8. The van der Waals surface area contributed by atoms with Gasteiger partial charge in [0.2, 0.25) is 0 Å². The highest BCUT2D eigenvalue weighted by Crippen LogP contribution is 2.48. The molecule has 0 aromatic rings. The third-order valence-electron chi connectivity index (χ3n) is 1.49. The van der Waals surface area contributed by atoms with E-state index in [1.54, 1.807) is 4.74 Å². The van der Waals surface area contributed by atoms with Gasteiger partial charge in [-0.15, -0.1) is 0 Å². The maximum Gasteiger partial charge on any atom is 0.453 e. The van der Waals surface area contributed by atoms with E-state index in [-0.39, 0.29) is 0 Å². The van der Waals surface area contributed by atoms with Gasteiger partial charge in [-0.1, -0.05) is 0 Å². The van der Waals surface area contributed by atoms with Crippen LogP contribution in [0.3, 0.4) is 0 Å². The fraction of sp³-hybridized carbons (Fsp3) is 0.667. The smallest absolute Gasteiger partial charge is 0.254 e. The van der Waals surface area contributed by atoms with E-state index in [1.165, 1.54) is 0 Å². The number of carbonyl (C=O) groups is 2. The van der Waals surface area contributed by atoms with Gasteiger partial charge >= 0.3 is 36.1 Å². The lowest BCUT2D eigenvalue weighted by atomic mass is 10.1. The first-order chi connectivity index (χ1) is 8.09. The van der Waals surface area contributed by atoms with E-state index in [2.05, 4.69) is 0 Å². The van der Waals surface area contributed by atoms with Gasteiger partial charge in [0.25, 0.3) is 0 Å². The second kappa shape index (κ2) is 4.61. The van der Waals surface area contributed by atoms with Crippen LogP contribution in [0.1, 0.15) is 0 Å². The molecule has 0 heterocycles. The molecule has 0 aromatic carbocycles. The summed E-state index contributed by atoms with van der Waals surface area (Å²) in [5, 5.41) is 0. The predicted molar refractivity (Wildman–Crippen MR) is 33.1 cm³/mol. The van der Waals surface area contributed by atoms with Gasteiger partial charge in [-0.05, 0) is 0 Å². The lowest BCUT2D eigenvalue weighted by Gasteiger charge is -2.30. The highest BCUT2D eigenvalue weighted by molar-refractivity contribution is 5.78. The Morgan fingerprint density at radius 2 is 1.11 bits per heavy atom. The van der Waals surface area contributed by atoms with Crippen molar-refractivity contribution in [1.82, 2.24) is 0 Å². The topological polar surface area (TPSA) is 43.4 Å². The molecular weight excluding hydrogens is 310 g/mol. The van der Waals surface area contributed by atoms with Gasteiger partial charge in [-0.25, -0.2) is 4.74 Å². The van der Waals surface area contributed by atoms with E-state index < -0.39 is 36.1 Å². The average Bonchev–Trinajstić information content (AvgIpc) is 2.14. The molecule has 0 aliphatic rings. The second-order valence-corrected chi connectivity index (χ2v) is 2.83. The number of alkyl halides is 8. The van der Waals surface area contributed by atoms with Crippen LogP contribution in [0.2, 0.25) is 0 Å². The maximum atomic E-state index is 12.4. The molecule has 0 fully saturated rings. The van der Waals surface area contributed by atoms with Gasteiger partial charge in [-0.2, -0.15) is 43.9 Å². The first-order valence-electron chi connectivity index (χ1n) is 3.71. The molecule has 0 aliphatic carbocycles. The van der Waals surface area contributed by atoms with Crippen LogP contribution in [-0.2, 0) is 14.3 Å². The summed E-state index contributed by atoms with van der Waals surface area (Å²) in [6.45, 7) is 0. The predicted octanol–water partition coefficient (Wildman–Crippen LogP) is 2.45. The number of carbonyl (C=O) groups excluding carboxylic acids is 2. The van der Waals surface area contributed by atoms with E-state index in [0.717, 1.165) is 0 Å². The Balaban J connectivity index is 5.54. The minimum atomic E-state index is -7.11. The van der Waals surface area contributed by atoms with E-state index in [1.807, 2.05) is 0 Å². The Bertz CT molecular complexity index is 389. The lowest BCUT2D eigenvalue weighted by Crippen LogP contribution is -2.60. The fourth-order valence-electron chi connectivity index (χ4n) is 0.571. The Morgan fingerprint density at radius 1 is 0.737 bits per heavy atom. The minimum Gasteiger partial charge on any atom is -0.254 e. The molecule has 13 heteroatoms. The van der Waals surface area contributed by atoms with E-state index in [0.29, 0.717) is 0 Å². The van der Waals surface area contributed by atoms with Gasteiger partial charge in [-0.3, -0.25) is 9.59 Å². The van der Waals surface area contributed by atoms with Gasteiger partial charge in [0, 0.05) is 0 Å². The molecule has 3 nitrogen and oxygen atoms in total. The molecule has 0 unspecified atom stereocenters. The van der Waals surface area contributed by atoms with Crippen molar-refractivity contribution in [1.29, 1.82) is 0 Å². The molecule has 0 amide bonds. The van der Waals surface area contributed by atoms with Crippen LogP contribution in [0.5, 0.6) is 0 Å². The summed E-state index contributed by atoms with van der Waals surface area (Å²) in [6, 6.07) is -8.28. The quantitative estimate of drug-likeness (QED) is 0.559. The largest absolute Gasteiger partial charge is 0.453 e. The van der Waals surface area contributed by atoms with Crippen LogP contribution >= 0.6 is 0 Å². The molecule has 0 aliphatic heterocycles. The summed E-state index contributed by atoms with van der Waals surface area (Å²) >= 11 is 0. The van der Waals surface area contributed by atoms with Crippen LogP contribution in [0.25, 0.3) is 0 Å². The SMILES string of the molecule is O=C(F)C(F)(F)OC(F)(F)C(F)(F)C(F)(F)C(=O)F. The Kier molecular flexibility index (Phi) is 4.27. The molecule has 19 heavy (non-hydrogen) atoms. The molecule has 0 aromatic heterocycles. The first kappa shape index (κ1) is 17.6. The van der Waals surface area contributed by atoms with Crippen molar-refractivity contribution in [2.75, 3.05) is 0 Å². The van der Waals surface area contributed by atoms with Crippen LogP contribution in [0.15, 0.2) is 0 Å². The van der Waals surface area contributed by atoms with Gasteiger partial charge in [0.05, 0.1) is 0 Å². The van der Waals surface area contributed by atoms with Crippen molar-refractivity contribution in [3.05, 3.63) is 0 Å². The zero-order valence-electron chi connectivity index (χ0n) is 8.00. The highest BCUT2D eigenvalue weighted by atomic mass is 19.4. The number of ether oxygens (including phenoxy) is 1. The van der Waals surface area contributed by atoms with Crippen LogP contribution in [0, 0.1) is 0 Å². The first-order valence-corrected chi connectivity index (χ1v) is 3.71. The van der Waals surface area contributed by atoms with E-state index >= 15 is 0 Å².